The van der Waals surface area contributed by atoms with Gasteiger partial charge in [-0.1, -0.05) is 61.8 Å². The zero-order chi connectivity index (χ0) is 17.8. The number of hydrogen-bond acceptors (Lipinski definition) is 3. The molecule has 0 aliphatic rings. The predicted molar refractivity (Wildman–Crippen MR) is 98.5 cm³/mol. The van der Waals surface area contributed by atoms with E-state index in [2.05, 4.69) is 46.7 Å². The van der Waals surface area contributed by atoms with E-state index in [1.807, 2.05) is 24.3 Å². The maximum Gasteiger partial charge on any atom is 0.274 e. The third kappa shape index (κ3) is 4.06. The van der Waals surface area contributed by atoms with Gasteiger partial charge in [0.05, 0.1) is 0 Å². The summed E-state index contributed by atoms with van der Waals surface area (Å²) in [5.41, 5.74) is 3.78. The maximum absolute atomic E-state index is 12.5. The molecular formula is C19H19ClN4O. The van der Waals surface area contributed by atoms with Crippen LogP contribution in [0.4, 0.5) is 0 Å². The van der Waals surface area contributed by atoms with E-state index in [0.717, 1.165) is 11.1 Å². The topological polar surface area (TPSA) is 70.7 Å². The molecule has 0 atom stereocenters. The summed E-state index contributed by atoms with van der Waals surface area (Å²) in [4.78, 5) is 12.5. The fraction of sp³-hybridized carbons (Fsp3) is 0.211. The minimum atomic E-state index is -0.281. The highest BCUT2D eigenvalue weighted by Crippen LogP contribution is 2.23. The number of aromatic amines is 1. The molecule has 2 aromatic carbocycles. The van der Waals surface area contributed by atoms with Gasteiger partial charge >= 0.3 is 0 Å². The first-order chi connectivity index (χ1) is 12.0. The Balaban J connectivity index is 1.71. The van der Waals surface area contributed by atoms with Gasteiger partial charge in [0, 0.05) is 17.1 Å². The number of hydrogen-bond donors (Lipinski definition) is 2. The normalized spacial score (nSPS) is 10.9. The molecular weight excluding hydrogens is 336 g/mol. The van der Waals surface area contributed by atoms with Crippen LogP contribution in [0.5, 0.6) is 0 Å². The van der Waals surface area contributed by atoms with E-state index in [1.54, 1.807) is 12.1 Å². The molecule has 1 aromatic heterocycles. The maximum atomic E-state index is 12.5. The summed E-state index contributed by atoms with van der Waals surface area (Å²) in [7, 11) is 0. The zero-order valence-corrected chi connectivity index (χ0v) is 14.8. The molecule has 0 fully saturated rings. The van der Waals surface area contributed by atoms with Gasteiger partial charge in [0.2, 0.25) is 0 Å². The summed E-state index contributed by atoms with van der Waals surface area (Å²) in [5.74, 6) is 0.204. The molecule has 0 unspecified atom stereocenters. The van der Waals surface area contributed by atoms with Gasteiger partial charge in [0.15, 0.2) is 5.69 Å². The lowest BCUT2D eigenvalue weighted by Gasteiger charge is -2.08. The van der Waals surface area contributed by atoms with Gasteiger partial charge in [-0.3, -0.25) is 4.79 Å². The lowest BCUT2D eigenvalue weighted by Crippen LogP contribution is -2.23. The Kier molecular flexibility index (Phi) is 5.14. The first-order valence-electron chi connectivity index (χ1n) is 8.08. The Labute approximate surface area is 151 Å². The van der Waals surface area contributed by atoms with E-state index in [-0.39, 0.29) is 11.6 Å². The molecule has 0 saturated heterocycles. The van der Waals surface area contributed by atoms with E-state index in [9.17, 15) is 4.79 Å². The van der Waals surface area contributed by atoms with Crippen molar-refractivity contribution in [2.45, 2.75) is 26.3 Å². The molecule has 2 N–H and O–H groups in total. The Morgan fingerprint density at radius 2 is 1.92 bits per heavy atom. The first-order valence-corrected chi connectivity index (χ1v) is 8.46. The SMILES string of the molecule is CC(C)c1ccc(CNC(=O)c2n[nH]nc2-c2cccc(Cl)c2)cc1. The number of nitrogens with one attached hydrogen (secondary N) is 2. The van der Waals surface area contributed by atoms with Crippen LogP contribution in [0.3, 0.4) is 0 Å². The van der Waals surface area contributed by atoms with Crippen LogP contribution in [-0.2, 0) is 6.54 Å². The number of benzene rings is 2. The molecule has 0 saturated carbocycles. The Hall–Kier alpha value is -2.66. The van der Waals surface area contributed by atoms with Crippen LogP contribution >= 0.6 is 11.6 Å². The van der Waals surface area contributed by atoms with Gasteiger partial charge in [0.25, 0.3) is 5.91 Å². The van der Waals surface area contributed by atoms with Crippen molar-refractivity contribution in [1.82, 2.24) is 20.7 Å². The van der Waals surface area contributed by atoms with Gasteiger partial charge < -0.3 is 5.32 Å². The summed E-state index contributed by atoms with van der Waals surface area (Å²) in [5, 5.41) is 14.0. The first kappa shape index (κ1) is 17.2. The van der Waals surface area contributed by atoms with Gasteiger partial charge in [0.1, 0.15) is 5.69 Å². The summed E-state index contributed by atoms with van der Waals surface area (Å²) < 4.78 is 0. The summed E-state index contributed by atoms with van der Waals surface area (Å²) in [6, 6.07) is 15.4. The van der Waals surface area contributed by atoms with E-state index >= 15 is 0 Å². The van der Waals surface area contributed by atoms with Crippen molar-refractivity contribution in [2.24, 2.45) is 0 Å². The smallest absolute Gasteiger partial charge is 0.274 e. The Bertz CT molecular complexity index is 871. The molecule has 6 heteroatoms. The second-order valence-corrected chi connectivity index (χ2v) is 6.55. The number of halogens is 1. The van der Waals surface area contributed by atoms with Crippen molar-refractivity contribution >= 4 is 17.5 Å². The van der Waals surface area contributed by atoms with Crippen LogP contribution < -0.4 is 5.32 Å². The molecule has 25 heavy (non-hydrogen) atoms. The van der Waals surface area contributed by atoms with E-state index in [0.29, 0.717) is 23.2 Å². The predicted octanol–water partition coefficient (Wildman–Crippen LogP) is 4.18. The van der Waals surface area contributed by atoms with Crippen molar-refractivity contribution in [1.29, 1.82) is 0 Å². The molecule has 0 bridgehead atoms. The third-order valence-electron chi connectivity index (χ3n) is 3.96. The van der Waals surface area contributed by atoms with Gasteiger partial charge in [-0.15, -0.1) is 0 Å². The fourth-order valence-electron chi connectivity index (χ4n) is 2.51. The van der Waals surface area contributed by atoms with Gasteiger partial charge in [-0.25, -0.2) is 0 Å². The molecule has 0 spiro atoms. The van der Waals surface area contributed by atoms with Gasteiger partial charge in [-0.2, -0.15) is 15.4 Å². The minimum Gasteiger partial charge on any atom is -0.346 e. The molecule has 5 nitrogen and oxygen atoms in total. The third-order valence-corrected chi connectivity index (χ3v) is 4.20. The number of carbonyl (C=O) groups is 1. The lowest BCUT2D eigenvalue weighted by molar-refractivity contribution is 0.0946. The highest BCUT2D eigenvalue weighted by atomic mass is 35.5. The Morgan fingerprint density at radius 3 is 2.60 bits per heavy atom. The second-order valence-electron chi connectivity index (χ2n) is 6.11. The van der Waals surface area contributed by atoms with Crippen molar-refractivity contribution in [3.8, 4) is 11.3 Å². The molecule has 0 radical (unpaired) electrons. The van der Waals surface area contributed by atoms with Crippen molar-refractivity contribution in [3.05, 3.63) is 70.4 Å². The Morgan fingerprint density at radius 1 is 1.16 bits per heavy atom. The monoisotopic (exact) mass is 354 g/mol. The minimum absolute atomic E-state index is 0.251. The van der Waals surface area contributed by atoms with Crippen molar-refractivity contribution in [2.75, 3.05) is 0 Å². The fourth-order valence-corrected chi connectivity index (χ4v) is 2.70. The number of aromatic nitrogens is 3. The van der Waals surface area contributed by atoms with Gasteiger partial charge in [-0.05, 0) is 29.2 Å². The summed E-state index contributed by atoms with van der Waals surface area (Å²) >= 11 is 6.01. The number of nitrogens with zero attached hydrogens (tertiary/aromatic N) is 2. The zero-order valence-electron chi connectivity index (χ0n) is 14.1. The van der Waals surface area contributed by atoms with Crippen LogP contribution in [0.2, 0.25) is 5.02 Å². The van der Waals surface area contributed by atoms with Crippen LogP contribution in [-0.4, -0.2) is 21.3 Å². The second kappa shape index (κ2) is 7.49. The average molecular weight is 355 g/mol. The van der Waals surface area contributed by atoms with Crippen molar-refractivity contribution < 1.29 is 4.79 Å². The molecule has 1 heterocycles. The molecule has 0 aliphatic carbocycles. The summed E-state index contributed by atoms with van der Waals surface area (Å²) in [6.45, 7) is 4.73. The number of carbonyl (C=O) groups excluding carboxylic acids is 1. The van der Waals surface area contributed by atoms with Crippen LogP contribution in [0.25, 0.3) is 11.3 Å². The quantitative estimate of drug-likeness (QED) is 0.722. The summed E-state index contributed by atoms with van der Waals surface area (Å²) in [6.07, 6.45) is 0. The molecule has 1 amide bonds. The number of rotatable bonds is 5. The highest BCUT2D eigenvalue weighted by Gasteiger charge is 2.17. The van der Waals surface area contributed by atoms with E-state index < -0.39 is 0 Å². The van der Waals surface area contributed by atoms with Crippen LogP contribution in [0.15, 0.2) is 48.5 Å². The highest BCUT2D eigenvalue weighted by molar-refractivity contribution is 6.30. The molecule has 128 valence electrons. The van der Waals surface area contributed by atoms with Crippen molar-refractivity contribution in [3.63, 3.8) is 0 Å². The number of amides is 1. The van der Waals surface area contributed by atoms with Crippen LogP contribution in [0.1, 0.15) is 41.4 Å². The average Bonchev–Trinajstić information content (AvgIpc) is 3.10. The van der Waals surface area contributed by atoms with E-state index in [4.69, 9.17) is 11.6 Å². The standard InChI is InChI=1S/C19H19ClN4O/c1-12(2)14-8-6-13(7-9-14)11-21-19(25)18-17(22-24-23-18)15-4-3-5-16(20)10-15/h3-10,12H,11H2,1-2H3,(H,21,25)(H,22,23,24). The lowest BCUT2D eigenvalue weighted by atomic mass is 10.0. The molecule has 3 aromatic rings. The largest absolute Gasteiger partial charge is 0.346 e. The van der Waals surface area contributed by atoms with Crippen LogP contribution in [0, 0.1) is 0 Å². The molecule has 3 rings (SSSR count). The number of H-pyrrole nitrogens is 1. The molecule has 0 aliphatic heterocycles. The van der Waals surface area contributed by atoms with E-state index in [1.165, 1.54) is 5.56 Å².